The van der Waals surface area contributed by atoms with Crippen LogP contribution in [0.15, 0.2) is 6.20 Å². The second-order valence-corrected chi connectivity index (χ2v) is 4.42. The van der Waals surface area contributed by atoms with Gasteiger partial charge in [-0.25, -0.2) is 0 Å². The Morgan fingerprint density at radius 1 is 1.46 bits per heavy atom. The van der Waals surface area contributed by atoms with E-state index in [-0.39, 0.29) is 11.3 Å². The van der Waals surface area contributed by atoms with Crippen LogP contribution in [0.5, 0.6) is 0 Å². The number of aromatic nitrogens is 2. The predicted molar refractivity (Wildman–Crippen MR) is 50.7 cm³/mol. The summed E-state index contributed by atoms with van der Waals surface area (Å²) in [6.45, 7) is 9.93. The summed E-state index contributed by atoms with van der Waals surface area (Å²) in [6.07, 6.45) is 1.87. The van der Waals surface area contributed by atoms with Gasteiger partial charge in [-0.2, -0.15) is 0 Å². The van der Waals surface area contributed by atoms with Crippen molar-refractivity contribution < 1.29 is 9.89 Å². The zero-order chi connectivity index (χ0) is 10.2. The molecule has 0 unspecified atom stereocenters. The van der Waals surface area contributed by atoms with Crippen LogP contribution in [0.2, 0.25) is 0 Å². The Morgan fingerprint density at radius 3 is 2.23 bits per heavy atom. The van der Waals surface area contributed by atoms with E-state index in [1.165, 1.54) is 10.2 Å². The lowest BCUT2D eigenvalue weighted by atomic mass is 9.88. The van der Waals surface area contributed by atoms with Gasteiger partial charge in [-0.05, 0) is 5.41 Å². The molecule has 0 bridgehead atoms. The number of nitrogens with one attached hydrogen (secondary N) is 1. The summed E-state index contributed by atoms with van der Waals surface area (Å²) in [5.74, 6) is 0.0126. The molecule has 0 saturated heterocycles. The van der Waals surface area contributed by atoms with Crippen molar-refractivity contribution in [1.29, 1.82) is 0 Å². The van der Waals surface area contributed by atoms with Crippen molar-refractivity contribution in [3.05, 3.63) is 17.5 Å². The Balaban J connectivity index is 3.18. The molecule has 0 aliphatic heterocycles. The molecule has 3 nitrogen and oxygen atoms in total. The first-order chi connectivity index (χ1) is 5.82. The second kappa shape index (κ2) is 2.98. The SMILES string of the molecule is CC(=O)n1cc(C(C)(C)C)c(C)[nH+]1. The fourth-order valence-electron chi connectivity index (χ4n) is 1.42. The van der Waals surface area contributed by atoms with Gasteiger partial charge >= 0.3 is 0 Å². The first-order valence-electron chi connectivity index (χ1n) is 4.45. The first kappa shape index (κ1) is 9.96. The third-order valence-electron chi connectivity index (χ3n) is 2.10. The summed E-state index contributed by atoms with van der Waals surface area (Å²) < 4.78 is 1.52. The Bertz CT molecular complexity index is 331. The molecule has 0 radical (unpaired) electrons. The first-order valence-corrected chi connectivity index (χ1v) is 4.45. The molecule has 0 amide bonds. The van der Waals surface area contributed by atoms with Crippen LogP contribution in [0, 0.1) is 6.92 Å². The van der Waals surface area contributed by atoms with E-state index in [4.69, 9.17) is 0 Å². The van der Waals surface area contributed by atoms with Crippen molar-refractivity contribution in [3.63, 3.8) is 0 Å². The van der Waals surface area contributed by atoms with E-state index < -0.39 is 0 Å². The smallest absolute Gasteiger partial charge is 0.269 e. The van der Waals surface area contributed by atoms with Crippen LogP contribution in [-0.2, 0) is 5.41 Å². The highest BCUT2D eigenvalue weighted by Crippen LogP contribution is 2.22. The zero-order valence-electron chi connectivity index (χ0n) is 8.93. The standard InChI is InChI=1S/C10H16N2O/c1-7-9(10(3,4)5)6-12(11-7)8(2)13/h6H,1-5H3/p+1. The van der Waals surface area contributed by atoms with E-state index in [1.807, 2.05) is 13.1 Å². The number of nitrogens with zero attached hydrogens (tertiary/aromatic N) is 1. The van der Waals surface area contributed by atoms with E-state index in [0.717, 1.165) is 5.69 Å². The lowest BCUT2D eigenvalue weighted by Gasteiger charge is -2.14. The van der Waals surface area contributed by atoms with Crippen molar-refractivity contribution in [3.8, 4) is 0 Å². The van der Waals surface area contributed by atoms with Crippen LogP contribution in [0.3, 0.4) is 0 Å². The molecule has 1 N–H and O–H groups in total. The average Bonchev–Trinajstić information content (AvgIpc) is 2.29. The van der Waals surface area contributed by atoms with Crippen molar-refractivity contribution in [1.82, 2.24) is 4.68 Å². The molecule has 1 rings (SSSR count). The molecular formula is C10H17N2O+. The summed E-state index contributed by atoms with van der Waals surface area (Å²) >= 11 is 0. The van der Waals surface area contributed by atoms with Gasteiger partial charge in [0.1, 0.15) is 0 Å². The van der Waals surface area contributed by atoms with E-state index >= 15 is 0 Å². The molecule has 0 saturated carbocycles. The van der Waals surface area contributed by atoms with Gasteiger partial charge in [0.2, 0.25) is 5.69 Å². The third-order valence-corrected chi connectivity index (χ3v) is 2.10. The van der Waals surface area contributed by atoms with E-state index in [1.54, 1.807) is 6.92 Å². The number of H-pyrrole nitrogens is 1. The maximum atomic E-state index is 11.1. The minimum atomic E-state index is 0.0126. The Labute approximate surface area is 78.8 Å². The number of hydrogen-bond acceptors (Lipinski definition) is 1. The Hall–Kier alpha value is -1.12. The van der Waals surface area contributed by atoms with E-state index in [0.29, 0.717) is 0 Å². The summed E-state index contributed by atoms with van der Waals surface area (Å²) in [7, 11) is 0. The van der Waals surface area contributed by atoms with Crippen LogP contribution >= 0.6 is 0 Å². The molecule has 1 aromatic rings. The maximum absolute atomic E-state index is 11.1. The summed E-state index contributed by atoms with van der Waals surface area (Å²) in [5, 5.41) is 3.02. The third kappa shape index (κ3) is 1.97. The lowest BCUT2D eigenvalue weighted by molar-refractivity contribution is -0.479. The highest BCUT2D eigenvalue weighted by Gasteiger charge is 2.24. The highest BCUT2D eigenvalue weighted by molar-refractivity contribution is 5.74. The van der Waals surface area contributed by atoms with Gasteiger partial charge in [0, 0.05) is 19.4 Å². The van der Waals surface area contributed by atoms with Crippen LogP contribution in [0.25, 0.3) is 0 Å². The molecule has 0 atom stereocenters. The molecule has 1 heterocycles. The van der Waals surface area contributed by atoms with Gasteiger partial charge in [-0.15, -0.1) is 5.10 Å². The number of aromatic amines is 1. The summed E-state index contributed by atoms with van der Waals surface area (Å²) in [4.78, 5) is 11.1. The van der Waals surface area contributed by atoms with E-state index in [9.17, 15) is 4.79 Å². The van der Waals surface area contributed by atoms with Crippen molar-refractivity contribution in [2.24, 2.45) is 0 Å². The zero-order valence-corrected chi connectivity index (χ0v) is 8.93. The quantitative estimate of drug-likeness (QED) is 0.598. The maximum Gasteiger partial charge on any atom is 0.279 e. The Morgan fingerprint density at radius 2 is 2.00 bits per heavy atom. The van der Waals surface area contributed by atoms with E-state index in [2.05, 4.69) is 25.9 Å². The predicted octanol–water partition coefficient (Wildman–Crippen LogP) is 1.57. The summed E-state index contributed by atoms with van der Waals surface area (Å²) in [5.41, 5.74) is 2.33. The van der Waals surface area contributed by atoms with Gasteiger partial charge in [0.25, 0.3) is 5.91 Å². The monoisotopic (exact) mass is 181 g/mol. The summed E-state index contributed by atoms with van der Waals surface area (Å²) in [6, 6.07) is 0. The molecule has 3 heteroatoms. The molecule has 0 aliphatic carbocycles. The van der Waals surface area contributed by atoms with Gasteiger partial charge in [-0.1, -0.05) is 25.5 Å². The molecule has 1 aromatic heterocycles. The molecule has 72 valence electrons. The van der Waals surface area contributed by atoms with Crippen LogP contribution in [-0.4, -0.2) is 10.6 Å². The fourth-order valence-corrected chi connectivity index (χ4v) is 1.42. The molecule has 0 aliphatic rings. The average molecular weight is 181 g/mol. The van der Waals surface area contributed by atoms with Gasteiger partial charge in [-0.3, -0.25) is 4.79 Å². The number of rotatable bonds is 0. The van der Waals surface area contributed by atoms with Gasteiger partial charge < -0.3 is 0 Å². The normalized spacial score (nSPS) is 11.8. The van der Waals surface area contributed by atoms with Gasteiger partial charge in [0.15, 0.2) is 0 Å². The lowest BCUT2D eigenvalue weighted by Crippen LogP contribution is -2.23. The van der Waals surface area contributed by atoms with Crippen molar-refractivity contribution in [2.75, 3.05) is 0 Å². The minimum Gasteiger partial charge on any atom is -0.269 e. The minimum absolute atomic E-state index is 0.0126. The number of hydrogen-bond donors (Lipinski definition) is 0. The largest absolute Gasteiger partial charge is 0.279 e. The topological polar surface area (TPSA) is 36.1 Å². The number of carbonyl (C=O) groups excluding carboxylic acids is 1. The van der Waals surface area contributed by atoms with Crippen LogP contribution < -0.4 is 5.10 Å². The van der Waals surface area contributed by atoms with Crippen LogP contribution in [0.1, 0.15) is 43.7 Å². The van der Waals surface area contributed by atoms with Gasteiger partial charge in [0.05, 0.1) is 6.20 Å². The van der Waals surface area contributed by atoms with Crippen molar-refractivity contribution >= 4 is 5.91 Å². The molecule has 13 heavy (non-hydrogen) atoms. The van der Waals surface area contributed by atoms with Crippen LogP contribution in [0.4, 0.5) is 0 Å². The molecule has 0 aromatic carbocycles. The Kier molecular flexibility index (Phi) is 2.28. The highest BCUT2D eigenvalue weighted by atomic mass is 16.2. The number of carbonyl (C=O) groups is 1. The fraction of sp³-hybridized carbons (Fsp3) is 0.600. The number of aryl methyl sites for hydroxylation is 1. The second-order valence-electron chi connectivity index (χ2n) is 4.42. The molecular weight excluding hydrogens is 164 g/mol. The van der Waals surface area contributed by atoms with Crippen molar-refractivity contribution in [2.45, 2.75) is 40.0 Å². The molecule has 0 fully saturated rings. The molecule has 0 spiro atoms.